The Kier molecular flexibility index (Phi) is 5.76. The van der Waals surface area contributed by atoms with Crippen LogP contribution in [0.15, 0.2) is 18.6 Å². The molecule has 1 N–H and O–H groups in total. The molecule has 3 rings (SSSR count). The van der Waals surface area contributed by atoms with Crippen LogP contribution in [0.1, 0.15) is 19.3 Å². The molecule has 0 bridgehead atoms. The molecule has 2 saturated heterocycles. The molecule has 7 nitrogen and oxygen atoms in total. The molecule has 0 spiro atoms. The first-order valence-electron chi connectivity index (χ1n) is 8.42. The standard InChI is InChI=1S/C16H25N5O2/c22-16-12-23-11-1-6-21(16)10-9-20-7-3-14(4-8-20)19-15-2-5-17-13-18-15/h2,5,13-14H,1,3-4,6-12H2,(H,17,18,19). The molecule has 1 amide bonds. The first-order valence-corrected chi connectivity index (χ1v) is 8.42. The lowest BCUT2D eigenvalue weighted by atomic mass is 10.1. The summed E-state index contributed by atoms with van der Waals surface area (Å²) in [5.41, 5.74) is 0. The average Bonchev–Trinajstić information content (AvgIpc) is 2.79. The van der Waals surface area contributed by atoms with Crippen molar-refractivity contribution in [2.45, 2.75) is 25.3 Å². The predicted molar refractivity (Wildman–Crippen MR) is 87.1 cm³/mol. The third-order valence-electron chi connectivity index (χ3n) is 4.50. The van der Waals surface area contributed by atoms with E-state index in [1.54, 1.807) is 12.5 Å². The Hall–Kier alpha value is -1.73. The van der Waals surface area contributed by atoms with Gasteiger partial charge in [-0.2, -0.15) is 0 Å². The molecular weight excluding hydrogens is 294 g/mol. The molecule has 1 aromatic rings. The van der Waals surface area contributed by atoms with Crippen LogP contribution in [0.3, 0.4) is 0 Å². The van der Waals surface area contributed by atoms with E-state index in [1.807, 2.05) is 11.0 Å². The van der Waals surface area contributed by atoms with Gasteiger partial charge in [0.05, 0.1) is 0 Å². The number of hydrogen-bond acceptors (Lipinski definition) is 6. The normalized spacial score (nSPS) is 21.2. The third kappa shape index (κ3) is 4.87. The van der Waals surface area contributed by atoms with Crippen LogP contribution in [0.4, 0.5) is 5.82 Å². The van der Waals surface area contributed by atoms with Crippen LogP contribution in [-0.2, 0) is 9.53 Å². The average molecular weight is 319 g/mol. The van der Waals surface area contributed by atoms with Crippen molar-refractivity contribution in [1.29, 1.82) is 0 Å². The highest BCUT2D eigenvalue weighted by Gasteiger charge is 2.21. The van der Waals surface area contributed by atoms with E-state index in [-0.39, 0.29) is 12.5 Å². The molecule has 2 aliphatic rings. The minimum absolute atomic E-state index is 0.128. The maximum absolute atomic E-state index is 11.9. The molecule has 0 radical (unpaired) electrons. The summed E-state index contributed by atoms with van der Waals surface area (Å²) in [6.45, 7) is 5.64. The van der Waals surface area contributed by atoms with Gasteiger partial charge in [-0.25, -0.2) is 9.97 Å². The summed E-state index contributed by atoms with van der Waals surface area (Å²) in [6, 6.07) is 2.37. The molecule has 1 aromatic heterocycles. The zero-order chi connectivity index (χ0) is 15.9. The lowest BCUT2D eigenvalue weighted by Gasteiger charge is -2.33. The van der Waals surface area contributed by atoms with Gasteiger partial charge in [0.15, 0.2) is 0 Å². The molecule has 0 unspecified atom stereocenters. The number of piperidine rings is 1. The van der Waals surface area contributed by atoms with E-state index < -0.39 is 0 Å². The molecule has 2 fully saturated rings. The highest BCUT2D eigenvalue weighted by Crippen LogP contribution is 2.14. The Bertz CT molecular complexity index is 491. The van der Waals surface area contributed by atoms with Crippen molar-refractivity contribution in [3.05, 3.63) is 18.6 Å². The van der Waals surface area contributed by atoms with Crippen molar-refractivity contribution < 1.29 is 9.53 Å². The van der Waals surface area contributed by atoms with Crippen LogP contribution in [0.5, 0.6) is 0 Å². The lowest BCUT2D eigenvalue weighted by Crippen LogP contribution is -2.44. The summed E-state index contributed by atoms with van der Waals surface area (Å²) in [5, 5.41) is 3.46. The summed E-state index contributed by atoms with van der Waals surface area (Å²) in [7, 11) is 0. The number of rotatable bonds is 5. The number of carbonyl (C=O) groups excluding carboxylic acids is 1. The maximum atomic E-state index is 11.9. The summed E-state index contributed by atoms with van der Waals surface area (Å²) < 4.78 is 5.28. The van der Waals surface area contributed by atoms with Crippen molar-refractivity contribution >= 4 is 11.7 Å². The number of anilines is 1. The minimum atomic E-state index is 0.128. The third-order valence-corrected chi connectivity index (χ3v) is 4.50. The summed E-state index contributed by atoms with van der Waals surface area (Å²) in [4.78, 5) is 24.4. The largest absolute Gasteiger partial charge is 0.372 e. The Morgan fingerprint density at radius 1 is 1.26 bits per heavy atom. The molecule has 3 heterocycles. The molecule has 0 aliphatic carbocycles. The highest BCUT2D eigenvalue weighted by atomic mass is 16.5. The number of hydrogen-bond donors (Lipinski definition) is 1. The van der Waals surface area contributed by atoms with Crippen LogP contribution < -0.4 is 5.32 Å². The second-order valence-corrected chi connectivity index (χ2v) is 6.14. The molecule has 126 valence electrons. The fourth-order valence-corrected chi connectivity index (χ4v) is 3.12. The number of nitrogens with zero attached hydrogens (tertiary/aromatic N) is 4. The Morgan fingerprint density at radius 2 is 2.13 bits per heavy atom. The second-order valence-electron chi connectivity index (χ2n) is 6.14. The number of carbonyl (C=O) groups is 1. The predicted octanol–water partition coefficient (Wildman–Crippen LogP) is 0.602. The van der Waals surface area contributed by atoms with E-state index in [0.717, 1.165) is 57.8 Å². The van der Waals surface area contributed by atoms with E-state index in [0.29, 0.717) is 12.6 Å². The van der Waals surface area contributed by atoms with Gasteiger partial charge in [0.25, 0.3) is 0 Å². The van der Waals surface area contributed by atoms with Gasteiger partial charge in [-0.05, 0) is 25.3 Å². The van der Waals surface area contributed by atoms with Gasteiger partial charge >= 0.3 is 0 Å². The van der Waals surface area contributed by atoms with Crippen molar-refractivity contribution in [2.24, 2.45) is 0 Å². The fourth-order valence-electron chi connectivity index (χ4n) is 3.12. The molecule has 7 heteroatoms. The highest BCUT2D eigenvalue weighted by molar-refractivity contribution is 5.77. The molecule has 0 saturated carbocycles. The Labute approximate surface area is 137 Å². The van der Waals surface area contributed by atoms with E-state index in [2.05, 4.69) is 20.2 Å². The van der Waals surface area contributed by atoms with Crippen LogP contribution in [0.25, 0.3) is 0 Å². The number of ether oxygens (including phenoxy) is 1. The van der Waals surface area contributed by atoms with E-state index in [9.17, 15) is 4.79 Å². The Balaban J connectivity index is 1.38. The summed E-state index contributed by atoms with van der Waals surface area (Å²) in [5.74, 6) is 1.02. The van der Waals surface area contributed by atoms with E-state index in [4.69, 9.17) is 4.74 Å². The van der Waals surface area contributed by atoms with Crippen LogP contribution in [-0.4, -0.2) is 77.7 Å². The van der Waals surface area contributed by atoms with Gasteiger partial charge in [-0.15, -0.1) is 0 Å². The molecule has 0 aromatic carbocycles. The zero-order valence-electron chi connectivity index (χ0n) is 13.5. The van der Waals surface area contributed by atoms with Gasteiger partial charge in [0.2, 0.25) is 5.91 Å². The molecular formula is C16H25N5O2. The topological polar surface area (TPSA) is 70.6 Å². The molecule has 2 aliphatic heterocycles. The van der Waals surface area contributed by atoms with E-state index >= 15 is 0 Å². The van der Waals surface area contributed by atoms with E-state index in [1.165, 1.54) is 0 Å². The maximum Gasteiger partial charge on any atom is 0.248 e. The van der Waals surface area contributed by atoms with Crippen LogP contribution in [0.2, 0.25) is 0 Å². The smallest absolute Gasteiger partial charge is 0.248 e. The van der Waals surface area contributed by atoms with Crippen LogP contribution in [0, 0.1) is 0 Å². The van der Waals surface area contributed by atoms with Gasteiger partial charge in [0, 0.05) is 51.6 Å². The summed E-state index contributed by atoms with van der Waals surface area (Å²) in [6.07, 6.45) is 6.46. The van der Waals surface area contributed by atoms with Gasteiger partial charge < -0.3 is 19.9 Å². The SMILES string of the molecule is O=C1COCCCN1CCN1CCC(Nc2ccncn2)CC1. The van der Waals surface area contributed by atoms with Gasteiger partial charge in [-0.3, -0.25) is 4.79 Å². The van der Waals surface area contributed by atoms with Crippen molar-refractivity contribution in [1.82, 2.24) is 19.8 Å². The van der Waals surface area contributed by atoms with Crippen molar-refractivity contribution in [3.63, 3.8) is 0 Å². The zero-order valence-corrected chi connectivity index (χ0v) is 13.5. The number of likely N-dealkylation sites (tertiary alicyclic amines) is 1. The number of amides is 1. The fraction of sp³-hybridized carbons (Fsp3) is 0.688. The summed E-state index contributed by atoms with van der Waals surface area (Å²) >= 11 is 0. The minimum Gasteiger partial charge on any atom is -0.372 e. The van der Waals surface area contributed by atoms with Crippen molar-refractivity contribution in [2.75, 3.05) is 51.3 Å². The lowest BCUT2D eigenvalue weighted by molar-refractivity contribution is -0.134. The second kappa shape index (κ2) is 8.21. The molecule has 23 heavy (non-hydrogen) atoms. The first-order chi connectivity index (χ1) is 11.3. The molecule has 0 atom stereocenters. The number of aromatic nitrogens is 2. The van der Waals surface area contributed by atoms with Crippen molar-refractivity contribution in [3.8, 4) is 0 Å². The first kappa shape index (κ1) is 16.1. The monoisotopic (exact) mass is 319 g/mol. The van der Waals surface area contributed by atoms with Gasteiger partial charge in [0.1, 0.15) is 18.8 Å². The van der Waals surface area contributed by atoms with Gasteiger partial charge in [-0.1, -0.05) is 0 Å². The number of nitrogens with one attached hydrogen (secondary N) is 1. The Morgan fingerprint density at radius 3 is 2.91 bits per heavy atom. The quantitative estimate of drug-likeness (QED) is 0.857. The van der Waals surface area contributed by atoms with Crippen LogP contribution >= 0.6 is 0 Å².